The van der Waals surface area contributed by atoms with E-state index in [1.807, 2.05) is 30.3 Å². The maximum atomic E-state index is 11.9. The van der Waals surface area contributed by atoms with Crippen LogP contribution in [0, 0.1) is 0 Å². The fourth-order valence-corrected chi connectivity index (χ4v) is 1.70. The lowest BCUT2D eigenvalue weighted by Gasteiger charge is -2.06. The van der Waals surface area contributed by atoms with E-state index in [-0.39, 0.29) is 23.7 Å². The lowest BCUT2D eigenvalue weighted by Crippen LogP contribution is -2.18. The van der Waals surface area contributed by atoms with E-state index in [0.29, 0.717) is 0 Å². The highest BCUT2D eigenvalue weighted by atomic mass is 16.4. The molecule has 0 unspecified atom stereocenters. The molecule has 6 nitrogen and oxygen atoms in total. The van der Waals surface area contributed by atoms with E-state index in [4.69, 9.17) is 5.11 Å². The van der Waals surface area contributed by atoms with Crippen LogP contribution in [0.25, 0.3) is 0 Å². The highest BCUT2D eigenvalue weighted by Crippen LogP contribution is 2.14. The van der Waals surface area contributed by atoms with Crippen LogP contribution in [0.1, 0.15) is 15.9 Å². The summed E-state index contributed by atoms with van der Waals surface area (Å²) in [5, 5.41) is 15.4. The molecule has 0 aliphatic carbocycles. The number of anilines is 1. The number of carboxylic acid groups (broad SMARTS) is 1. The minimum absolute atomic E-state index is 0.0242. The van der Waals surface area contributed by atoms with Gasteiger partial charge in [0.2, 0.25) is 5.91 Å². The summed E-state index contributed by atoms with van der Waals surface area (Å²) in [7, 11) is 1.57. The zero-order chi connectivity index (χ0) is 13.8. The molecule has 0 aliphatic heterocycles. The van der Waals surface area contributed by atoms with Gasteiger partial charge >= 0.3 is 5.97 Å². The number of carboxylic acids is 1. The lowest BCUT2D eigenvalue weighted by atomic mass is 10.1. The molecule has 0 aliphatic rings. The quantitative estimate of drug-likeness (QED) is 0.866. The van der Waals surface area contributed by atoms with Gasteiger partial charge < -0.3 is 10.4 Å². The Balaban J connectivity index is 2.11. The Hall–Kier alpha value is -2.63. The van der Waals surface area contributed by atoms with Gasteiger partial charge in [-0.2, -0.15) is 5.10 Å². The number of aromatic nitrogens is 2. The first kappa shape index (κ1) is 12.8. The van der Waals surface area contributed by atoms with Gasteiger partial charge in [-0.25, -0.2) is 4.79 Å². The second-order valence-electron chi connectivity index (χ2n) is 4.05. The molecule has 0 radical (unpaired) electrons. The molecule has 1 aromatic heterocycles. The summed E-state index contributed by atoms with van der Waals surface area (Å²) in [6.45, 7) is 0. The summed E-state index contributed by atoms with van der Waals surface area (Å²) in [6.07, 6.45) is 1.39. The van der Waals surface area contributed by atoms with E-state index in [9.17, 15) is 9.59 Å². The highest BCUT2D eigenvalue weighted by molar-refractivity contribution is 5.99. The number of rotatable bonds is 4. The van der Waals surface area contributed by atoms with Crippen LogP contribution in [0.4, 0.5) is 5.82 Å². The molecule has 1 heterocycles. The van der Waals surface area contributed by atoms with Gasteiger partial charge in [0.15, 0.2) is 0 Å². The van der Waals surface area contributed by atoms with Gasteiger partial charge in [-0.1, -0.05) is 30.3 Å². The number of carbonyl (C=O) groups excluding carboxylic acids is 1. The van der Waals surface area contributed by atoms with Crippen LogP contribution in [-0.2, 0) is 18.3 Å². The molecule has 0 spiro atoms. The fraction of sp³-hybridized carbons (Fsp3) is 0.154. The molecule has 6 heteroatoms. The number of carbonyl (C=O) groups is 2. The van der Waals surface area contributed by atoms with Crippen molar-refractivity contribution in [3.63, 3.8) is 0 Å². The number of aryl methyl sites for hydroxylation is 1. The van der Waals surface area contributed by atoms with E-state index in [1.54, 1.807) is 7.05 Å². The summed E-state index contributed by atoms with van der Waals surface area (Å²) in [5.41, 5.74) is 0.836. The van der Waals surface area contributed by atoms with E-state index in [0.717, 1.165) is 5.56 Å². The minimum Gasteiger partial charge on any atom is -0.477 e. The summed E-state index contributed by atoms with van der Waals surface area (Å²) in [5.74, 6) is -1.21. The van der Waals surface area contributed by atoms with Crippen LogP contribution in [0.5, 0.6) is 0 Å². The average Bonchev–Trinajstić information content (AvgIpc) is 2.72. The van der Waals surface area contributed by atoms with Crippen molar-refractivity contribution in [1.29, 1.82) is 0 Å². The van der Waals surface area contributed by atoms with Crippen LogP contribution in [0.15, 0.2) is 36.5 Å². The highest BCUT2D eigenvalue weighted by Gasteiger charge is 2.17. The normalized spacial score (nSPS) is 10.2. The van der Waals surface area contributed by atoms with Crippen molar-refractivity contribution in [2.45, 2.75) is 6.42 Å². The first-order valence-corrected chi connectivity index (χ1v) is 5.67. The Bertz CT molecular complexity index is 605. The van der Waals surface area contributed by atoms with Gasteiger partial charge in [-0.15, -0.1) is 0 Å². The first-order chi connectivity index (χ1) is 9.08. The molecule has 1 amide bonds. The molecule has 98 valence electrons. The number of hydrogen-bond acceptors (Lipinski definition) is 3. The van der Waals surface area contributed by atoms with E-state index >= 15 is 0 Å². The van der Waals surface area contributed by atoms with Gasteiger partial charge in [0, 0.05) is 7.05 Å². The molecular formula is C13H13N3O3. The number of benzene rings is 1. The SMILES string of the molecule is Cn1ncc(C(=O)O)c1NC(=O)Cc1ccccc1. The van der Waals surface area contributed by atoms with Crippen molar-refractivity contribution in [1.82, 2.24) is 9.78 Å². The van der Waals surface area contributed by atoms with Crippen molar-refractivity contribution in [3.05, 3.63) is 47.7 Å². The Labute approximate surface area is 109 Å². The van der Waals surface area contributed by atoms with Crippen LogP contribution in [0.2, 0.25) is 0 Å². The molecule has 0 fully saturated rings. The smallest absolute Gasteiger partial charge is 0.341 e. The van der Waals surface area contributed by atoms with Crippen molar-refractivity contribution >= 4 is 17.7 Å². The Morgan fingerprint density at radius 1 is 1.32 bits per heavy atom. The van der Waals surface area contributed by atoms with Gasteiger partial charge in [0.05, 0.1) is 12.6 Å². The maximum Gasteiger partial charge on any atom is 0.341 e. The van der Waals surface area contributed by atoms with E-state index in [1.165, 1.54) is 10.9 Å². The zero-order valence-corrected chi connectivity index (χ0v) is 10.3. The molecule has 2 aromatic rings. The Morgan fingerprint density at radius 3 is 2.63 bits per heavy atom. The minimum atomic E-state index is -1.12. The van der Waals surface area contributed by atoms with Crippen LogP contribution in [-0.4, -0.2) is 26.8 Å². The third-order valence-electron chi connectivity index (χ3n) is 2.63. The van der Waals surface area contributed by atoms with Crippen LogP contribution in [0.3, 0.4) is 0 Å². The second kappa shape index (κ2) is 5.34. The predicted molar refractivity (Wildman–Crippen MR) is 68.9 cm³/mol. The standard InChI is InChI=1S/C13H13N3O3/c1-16-12(10(8-14-16)13(18)19)15-11(17)7-9-5-3-2-4-6-9/h2-6,8H,7H2,1H3,(H,15,17)(H,18,19). The first-order valence-electron chi connectivity index (χ1n) is 5.67. The predicted octanol–water partition coefficient (Wildman–Crippen LogP) is 1.30. The van der Waals surface area contributed by atoms with Gasteiger partial charge in [0.25, 0.3) is 0 Å². The van der Waals surface area contributed by atoms with E-state index < -0.39 is 5.97 Å². The number of aromatic carboxylic acids is 1. The van der Waals surface area contributed by atoms with Crippen LogP contribution >= 0.6 is 0 Å². The molecule has 0 bridgehead atoms. The third kappa shape index (κ3) is 2.98. The van der Waals surface area contributed by atoms with Gasteiger partial charge in [-0.05, 0) is 5.56 Å². The van der Waals surface area contributed by atoms with Gasteiger partial charge in [0.1, 0.15) is 11.4 Å². The summed E-state index contributed by atoms with van der Waals surface area (Å²) in [4.78, 5) is 22.8. The zero-order valence-electron chi connectivity index (χ0n) is 10.3. The van der Waals surface area contributed by atoms with Crippen molar-refractivity contribution in [2.24, 2.45) is 7.05 Å². The molecule has 0 saturated carbocycles. The summed E-state index contributed by atoms with van der Waals surface area (Å²) < 4.78 is 1.33. The molecular weight excluding hydrogens is 246 g/mol. The van der Waals surface area contributed by atoms with Gasteiger partial charge in [-0.3, -0.25) is 9.48 Å². The second-order valence-corrected chi connectivity index (χ2v) is 4.05. The summed E-state index contributed by atoms with van der Waals surface area (Å²) >= 11 is 0. The molecule has 1 aromatic carbocycles. The largest absolute Gasteiger partial charge is 0.477 e. The number of amides is 1. The fourth-order valence-electron chi connectivity index (χ4n) is 1.70. The Kier molecular flexibility index (Phi) is 3.61. The van der Waals surface area contributed by atoms with E-state index in [2.05, 4.69) is 10.4 Å². The maximum absolute atomic E-state index is 11.9. The monoisotopic (exact) mass is 259 g/mol. The molecule has 0 atom stereocenters. The van der Waals surface area contributed by atoms with Crippen molar-refractivity contribution < 1.29 is 14.7 Å². The average molecular weight is 259 g/mol. The van der Waals surface area contributed by atoms with Crippen LogP contribution < -0.4 is 5.32 Å². The molecule has 2 N–H and O–H groups in total. The molecule has 19 heavy (non-hydrogen) atoms. The topological polar surface area (TPSA) is 84.2 Å². The molecule has 0 saturated heterocycles. The summed E-state index contributed by atoms with van der Waals surface area (Å²) in [6, 6.07) is 9.22. The third-order valence-corrected chi connectivity index (χ3v) is 2.63. The Morgan fingerprint density at radius 2 is 2.00 bits per heavy atom. The lowest BCUT2D eigenvalue weighted by molar-refractivity contribution is -0.115. The van der Waals surface area contributed by atoms with Crippen molar-refractivity contribution in [2.75, 3.05) is 5.32 Å². The number of hydrogen-bond donors (Lipinski definition) is 2. The number of nitrogens with zero attached hydrogens (tertiary/aromatic N) is 2. The molecule has 2 rings (SSSR count). The number of nitrogens with one attached hydrogen (secondary N) is 1. The van der Waals surface area contributed by atoms with Crippen molar-refractivity contribution in [3.8, 4) is 0 Å².